The van der Waals surface area contributed by atoms with Gasteiger partial charge >= 0.3 is 0 Å². The number of unbranched alkanes of at least 4 members (excludes halogenated alkanes) is 6. The highest BCUT2D eigenvalue weighted by Crippen LogP contribution is 2.27. The van der Waals surface area contributed by atoms with Crippen molar-refractivity contribution in [3.8, 4) is 0 Å². The summed E-state index contributed by atoms with van der Waals surface area (Å²) in [4.78, 5) is 0. The summed E-state index contributed by atoms with van der Waals surface area (Å²) in [5.41, 5.74) is 3.98. The van der Waals surface area contributed by atoms with E-state index in [9.17, 15) is 0 Å². The Morgan fingerprint density at radius 1 is 1.00 bits per heavy atom. The minimum atomic E-state index is 0.153. The van der Waals surface area contributed by atoms with Crippen molar-refractivity contribution in [3.05, 3.63) is 33.8 Å². The molecule has 1 aromatic rings. The molecule has 1 rings (SSSR count). The van der Waals surface area contributed by atoms with Crippen molar-refractivity contribution < 1.29 is 0 Å². The molecule has 0 heterocycles. The number of nitrogens with one attached hydrogen (secondary N) is 1. The molecule has 0 bridgehead atoms. The molecule has 4 heteroatoms. The maximum atomic E-state index is 6.05. The number of halogens is 2. The first kappa shape index (κ1) is 17.8. The number of nitrogens with two attached hydrogens (primary N) is 1. The fourth-order valence-corrected chi connectivity index (χ4v) is 2.69. The van der Waals surface area contributed by atoms with Crippen LogP contribution in [0.15, 0.2) is 18.2 Å². The SMILES string of the molecule is CCCCCCCCCC(NN)c1ccc(Cl)c(Cl)c1. The predicted octanol–water partition coefficient (Wildman–Crippen LogP) is 5.64. The third kappa shape index (κ3) is 6.45. The molecule has 0 aliphatic heterocycles. The molecule has 0 radical (unpaired) electrons. The molecule has 1 atom stereocenters. The fourth-order valence-electron chi connectivity index (χ4n) is 2.38. The van der Waals surface area contributed by atoms with Crippen LogP contribution in [0.1, 0.15) is 69.9 Å². The van der Waals surface area contributed by atoms with Gasteiger partial charge in [-0.05, 0) is 24.1 Å². The van der Waals surface area contributed by atoms with Crippen LogP contribution in [0.2, 0.25) is 10.0 Å². The van der Waals surface area contributed by atoms with Gasteiger partial charge < -0.3 is 0 Å². The third-order valence-corrected chi connectivity index (χ3v) is 4.38. The molecule has 0 spiro atoms. The van der Waals surface area contributed by atoms with Gasteiger partial charge in [0.2, 0.25) is 0 Å². The molecule has 2 nitrogen and oxygen atoms in total. The van der Waals surface area contributed by atoms with E-state index < -0.39 is 0 Å². The lowest BCUT2D eigenvalue weighted by atomic mass is 10.00. The maximum Gasteiger partial charge on any atom is 0.0595 e. The zero-order valence-electron chi connectivity index (χ0n) is 12.3. The van der Waals surface area contributed by atoms with Crippen LogP contribution in [-0.4, -0.2) is 0 Å². The van der Waals surface area contributed by atoms with E-state index >= 15 is 0 Å². The van der Waals surface area contributed by atoms with Crippen LogP contribution in [0.4, 0.5) is 0 Å². The molecule has 0 amide bonds. The number of hydrazine groups is 1. The van der Waals surface area contributed by atoms with E-state index in [1.807, 2.05) is 18.2 Å². The molecule has 20 heavy (non-hydrogen) atoms. The Hall–Kier alpha value is -0.280. The van der Waals surface area contributed by atoms with Crippen molar-refractivity contribution in [2.75, 3.05) is 0 Å². The van der Waals surface area contributed by atoms with Crippen LogP contribution in [0.3, 0.4) is 0 Å². The zero-order chi connectivity index (χ0) is 14.8. The lowest BCUT2D eigenvalue weighted by Gasteiger charge is -2.16. The van der Waals surface area contributed by atoms with E-state index in [-0.39, 0.29) is 6.04 Å². The zero-order valence-corrected chi connectivity index (χ0v) is 13.8. The quantitative estimate of drug-likeness (QED) is 0.333. The van der Waals surface area contributed by atoms with Crippen molar-refractivity contribution in [1.29, 1.82) is 0 Å². The third-order valence-electron chi connectivity index (χ3n) is 3.64. The Kier molecular flexibility index (Phi) is 9.28. The van der Waals surface area contributed by atoms with Gasteiger partial charge in [0.05, 0.1) is 10.0 Å². The minimum absolute atomic E-state index is 0.153. The van der Waals surface area contributed by atoms with Gasteiger partial charge in [-0.3, -0.25) is 11.3 Å². The average molecular weight is 317 g/mol. The molecular weight excluding hydrogens is 291 g/mol. The van der Waals surface area contributed by atoms with Crippen molar-refractivity contribution in [2.45, 2.75) is 64.3 Å². The first-order valence-electron chi connectivity index (χ1n) is 7.60. The fraction of sp³-hybridized carbons (Fsp3) is 0.625. The van der Waals surface area contributed by atoms with Crippen LogP contribution in [0.5, 0.6) is 0 Å². The number of rotatable bonds is 10. The minimum Gasteiger partial charge on any atom is -0.271 e. The van der Waals surface area contributed by atoms with Gasteiger partial charge in [-0.2, -0.15) is 0 Å². The Balaban J connectivity index is 2.30. The summed E-state index contributed by atoms with van der Waals surface area (Å²) in [7, 11) is 0. The van der Waals surface area contributed by atoms with Crippen molar-refractivity contribution >= 4 is 23.2 Å². The van der Waals surface area contributed by atoms with Gasteiger partial charge in [-0.15, -0.1) is 0 Å². The van der Waals surface area contributed by atoms with Crippen LogP contribution >= 0.6 is 23.2 Å². The molecule has 0 fully saturated rings. The van der Waals surface area contributed by atoms with Crippen LogP contribution < -0.4 is 11.3 Å². The smallest absolute Gasteiger partial charge is 0.0595 e. The maximum absolute atomic E-state index is 6.05. The summed E-state index contributed by atoms with van der Waals surface area (Å²) in [6.45, 7) is 2.24. The lowest BCUT2D eigenvalue weighted by Crippen LogP contribution is -2.28. The van der Waals surface area contributed by atoms with Crippen molar-refractivity contribution in [3.63, 3.8) is 0 Å². The Morgan fingerprint density at radius 3 is 2.25 bits per heavy atom. The second-order valence-electron chi connectivity index (χ2n) is 5.30. The lowest BCUT2D eigenvalue weighted by molar-refractivity contribution is 0.476. The Labute approximate surface area is 133 Å². The first-order chi connectivity index (χ1) is 9.69. The topological polar surface area (TPSA) is 38.0 Å². The summed E-state index contributed by atoms with van der Waals surface area (Å²) in [6, 6.07) is 5.87. The predicted molar refractivity (Wildman–Crippen MR) is 89.1 cm³/mol. The molecule has 0 saturated heterocycles. The van der Waals surface area contributed by atoms with Gasteiger partial charge in [0, 0.05) is 6.04 Å². The highest BCUT2D eigenvalue weighted by atomic mass is 35.5. The second-order valence-corrected chi connectivity index (χ2v) is 6.12. The monoisotopic (exact) mass is 316 g/mol. The molecule has 0 aromatic heterocycles. The van der Waals surface area contributed by atoms with Gasteiger partial charge in [-0.25, -0.2) is 0 Å². The van der Waals surface area contributed by atoms with Gasteiger partial charge in [0.25, 0.3) is 0 Å². The van der Waals surface area contributed by atoms with Crippen molar-refractivity contribution in [1.82, 2.24) is 5.43 Å². The highest BCUT2D eigenvalue weighted by Gasteiger charge is 2.10. The van der Waals surface area contributed by atoms with Crippen LogP contribution in [0, 0.1) is 0 Å². The van der Waals surface area contributed by atoms with E-state index in [2.05, 4.69) is 12.3 Å². The average Bonchev–Trinajstić information content (AvgIpc) is 2.45. The van der Waals surface area contributed by atoms with E-state index in [1.54, 1.807) is 0 Å². The molecule has 1 aromatic carbocycles. The Morgan fingerprint density at radius 2 is 1.65 bits per heavy atom. The molecule has 1 unspecified atom stereocenters. The van der Waals surface area contributed by atoms with Crippen LogP contribution in [-0.2, 0) is 0 Å². The molecule has 0 aliphatic rings. The summed E-state index contributed by atoms with van der Waals surface area (Å²) >= 11 is 12.0. The van der Waals surface area contributed by atoms with Gasteiger partial charge in [-0.1, -0.05) is 81.1 Å². The largest absolute Gasteiger partial charge is 0.271 e. The van der Waals surface area contributed by atoms with E-state index in [0.29, 0.717) is 10.0 Å². The van der Waals surface area contributed by atoms with Crippen molar-refractivity contribution in [2.24, 2.45) is 5.84 Å². The number of hydrogen-bond donors (Lipinski definition) is 2. The number of benzene rings is 1. The molecule has 0 aliphatic carbocycles. The first-order valence-corrected chi connectivity index (χ1v) is 8.35. The van der Waals surface area contributed by atoms with E-state index in [0.717, 1.165) is 12.0 Å². The standard InChI is InChI=1S/C16H26Cl2N2/c1-2-3-4-5-6-7-8-9-16(20-19)13-10-11-14(17)15(18)12-13/h10-12,16,20H,2-9,19H2,1H3. The van der Waals surface area contributed by atoms with E-state index in [1.165, 1.54) is 44.9 Å². The molecule has 0 saturated carbocycles. The van der Waals surface area contributed by atoms with E-state index in [4.69, 9.17) is 29.0 Å². The summed E-state index contributed by atoms with van der Waals surface area (Å²) < 4.78 is 0. The molecular formula is C16H26Cl2N2. The summed E-state index contributed by atoms with van der Waals surface area (Å²) in [5.74, 6) is 5.65. The van der Waals surface area contributed by atoms with Crippen LogP contribution in [0.25, 0.3) is 0 Å². The molecule has 114 valence electrons. The second kappa shape index (κ2) is 10.4. The normalized spacial score (nSPS) is 12.6. The summed E-state index contributed by atoms with van der Waals surface area (Å²) in [5, 5.41) is 1.17. The number of hydrogen-bond acceptors (Lipinski definition) is 2. The van der Waals surface area contributed by atoms with Gasteiger partial charge in [0.15, 0.2) is 0 Å². The van der Waals surface area contributed by atoms with Gasteiger partial charge in [0.1, 0.15) is 0 Å². The highest BCUT2D eigenvalue weighted by molar-refractivity contribution is 6.42. The Bertz CT molecular complexity index is 383. The summed E-state index contributed by atoms with van der Waals surface area (Å²) in [6.07, 6.45) is 10.2. The molecule has 3 N–H and O–H groups in total.